The highest BCUT2D eigenvalue weighted by Gasteiger charge is 2.23. The van der Waals surface area contributed by atoms with Crippen molar-refractivity contribution in [2.45, 2.75) is 5.16 Å². The van der Waals surface area contributed by atoms with Crippen molar-refractivity contribution in [3.63, 3.8) is 0 Å². The summed E-state index contributed by atoms with van der Waals surface area (Å²) in [7, 11) is -0.442. The van der Waals surface area contributed by atoms with Crippen molar-refractivity contribution >= 4 is 50.5 Å². The lowest BCUT2D eigenvalue weighted by Gasteiger charge is -2.09. The first kappa shape index (κ1) is 16.7. The summed E-state index contributed by atoms with van der Waals surface area (Å²) in [6.45, 7) is 0. The first-order valence-corrected chi connectivity index (χ1v) is 8.89. The summed E-state index contributed by atoms with van der Waals surface area (Å²) in [6.07, 6.45) is 1.58. The number of aromatic nitrogens is 4. The van der Waals surface area contributed by atoms with Crippen LogP contribution in [0.25, 0.3) is 5.78 Å². The molecule has 0 spiro atoms. The number of nitrogens with one attached hydrogen (secondary N) is 1. The van der Waals surface area contributed by atoms with Crippen molar-refractivity contribution in [1.29, 1.82) is 0 Å². The van der Waals surface area contributed by atoms with Gasteiger partial charge in [0, 0.05) is 20.3 Å². The third-order valence-electron chi connectivity index (χ3n) is 3.07. The largest absolute Gasteiger partial charge is 0.363 e. The SMILES string of the molecule is CN(C)c1ccn2nc(S(=O)(=O)Nc3c(Cl)cccc3Cl)nc2n1. The van der Waals surface area contributed by atoms with Gasteiger partial charge in [0.1, 0.15) is 5.82 Å². The Hall–Kier alpha value is -2.10. The topological polar surface area (TPSA) is 92.5 Å². The van der Waals surface area contributed by atoms with Crippen molar-refractivity contribution in [3.05, 3.63) is 40.5 Å². The van der Waals surface area contributed by atoms with Crippen LogP contribution in [0, 0.1) is 0 Å². The number of benzene rings is 1. The average molecular weight is 387 g/mol. The van der Waals surface area contributed by atoms with Crippen molar-refractivity contribution in [2.75, 3.05) is 23.7 Å². The standard InChI is InChI=1S/C13H12Cl2N6O2S/c1-20(2)10-6-7-21-12(16-10)17-13(18-21)24(22,23)19-11-8(14)4-3-5-9(11)15/h3-7,19H,1-2H3. The number of halogens is 2. The third kappa shape index (κ3) is 3.10. The van der Waals surface area contributed by atoms with Gasteiger partial charge in [-0.25, -0.2) is 4.52 Å². The van der Waals surface area contributed by atoms with E-state index in [4.69, 9.17) is 23.2 Å². The highest BCUT2D eigenvalue weighted by molar-refractivity contribution is 7.92. The summed E-state index contributed by atoms with van der Waals surface area (Å²) < 4.78 is 28.6. The number of hydrogen-bond donors (Lipinski definition) is 1. The van der Waals surface area contributed by atoms with Gasteiger partial charge in [0.05, 0.1) is 15.7 Å². The molecule has 0 fully saturated rings. The number of anilines is 2. The highest BCUT2D eigenvalue weighted by atomic mass is 35.5. The molecule has 2 aromatic heterocycles. The molecule has 0 aliphatic rings. The lowest BCUT2D eigenvalue weighted by atomic mass is 10.3. The van der Waals surface area contributed by atoms with Crippen LogP contribution in [-0.2, 0) is 10.0 Å². The average Bonchev–Trinajstić information content (AvgIpc) is 2.95. The summed E-state index contributed by atoms with van der Waals surface area (Å²) in [4.78, 5) is 9.95. The summed E-state index contributed by atoms with van der Waals surface area (Å²) in [6, 6.07) is 6.34. The molecule has 0 saturated carbocycles. The minimum atomic E-state index is -4.07. The van der Waals surface area contributed by atoms with Gasteiger partial charge in [-0.1, -0.05) is 29.3 Å². The molecule has 11 heteroatoms. The Bertz CT molecular complexity index is 998. The smallest absolute Gasteiger partial charge is 0.299 e. The first-order valence-electron chi connectivity index (χ1n) is 6.65. The normalized spacial score (nSPS) is 11.7. The first-order chi connectivity index (χ1) is 11.3. The summed E-state index contributed by atoms with van der Waals surface area (Å²) >= 11 is 12.0. The molecule has 3 aromatic rings. The Morgan fingerprint density at radius 2 is 1.79 bits per heavy atom. The van der Waals surface area contributed by atoms with Crippen LogP contribution in [-0.4, -0.2) is 42.1 Å². The van der Waals surface area contributed by atoms with Crippen molar-refractivity contribution in [1.82, 2.24) is 19.6 Å². The van der Waals surface area contributed by atoms with E-state index in [0.717, 1.165) is 0 Å². The van der Waals surface area contributed by atoms with E-state index in [2.05, 4.69) is 19.8 Å². The Balaban J connectivity index is 2.02. The predicted molar refractivity (Wildman–Crippen MR) is 92.4 cm³/mol. The fraction of sp³-hybridized carbons (Fsp3) is 0.154. The monoisotopic (exact) mass is 386 g/mol. The highest BCUT2D eigenvalue weighted by Crippen LogP contribution is 2.31. The van der Waals surface area contributed by atoms with Crippen LogP contribution in [0.5, 0.6) is 0 Å². The minimum absolute atomic E-state index is 0.0710. The molecule has 0 unspecified atom stereocenters. The van der Waals surface area contributed by atoms with E-state index in [1.807, 2.05) is 14.1 Å². The van der Waals surface area contributed by atoms with Crippen LogP contribution < -0.4 is 9.62 Å². The Morgan fingerprint density at radius 3 is 2.42 bits per heavy atom. The molecule has 1 N–H and O–H groups in total. The van der Waals surface area contributed by atoms with Crippen molar-refractivity contribution < 1.29 is 8.42 Å². The molecule has 0 aliphatic carbocycles. The molecule has 0 atom stereocenters. The van der Waals surface area contributed by atoms with E-state index < -0.39 is 15.2 Å². The summed E-state index contributed by atoms with van der Waals surface area (Å²) in [5.74, 6) is 0.785. The third-order valence-corrected chi connectivity index (χ3v) is 4.83. The number of para-hydroxylation sites is 1. The number of hydrogen-bond acceptors (Lipinski definition) is 6. The van der Waals surface area contributed by atoms with Crippen LogP contribution in [0.2, 0.25) is 10.0 Å². The molecule has 24 heavy (non-hydrogen) atoms. The summed E-state index contributed by atoms with van der Waals surface area (Å²) in [5, 5.41) is 3.84. The van der Waals surface area contributed by atoms with E-state index in [1.165, 1.54) is 16.6 Å². The molecule has 8 nitrogen and oxygen atoms in total. The molecular weight excluding hydrogens is 375 g/mol. The number of rotatable bonds is 4. The zero-order valence-corrected chi connectivity index (χ0v) is 14.9. The number of sulfonamides is 1. The van der Waals surface area contributed by atoms with Crippen LogP contribution in [0.4, 0.5) is 11.5 Å². The quantitative estimate of drug-likeness (QED) is 0.739. The van der Waals surface area contributed by atoms with Gasteiger partial charge in [-0.2, -0.15) is 18.4 Å². The second kappa shape index (κ2) is 6.08. The zero-order valence-electron chi connectivity index (χ0n) is 12.6. The van der Waals surface area contributed by atoms with Gasteiger partial charge < -0.3 is 4.90 Å². The van der Waals surface area contributed by atoms with Gasteiger partial charge in [0.15, 0.2) is 0 Å². The Kier molecular flexibility index (Phi) is 4.24. The molecule has 126 valence electrons. The molecule has 0 saturated heterocycles. The molecule has 0 radical (unpaired) electrons. The molecule has 2 heterocycles. The van der Waals surface area contributed by atoms with Crippen molar-refractivity contribution in [3.8, 4) is 0 Å². The fourth-order valence-electron chi connectivity index (χ4n) is 1.89. The predicted octanol–water partition coefficient (Wildman–Crippen LogP) is 2.30. The number of nitrogens with zero attached hydrogens (tertiary/aromatic N) is 5. The lowest BCUT2D eigenvalue weighted by molar-refractivity contribution is 0.592. The maximum atomic E-state index is 12.5. The van der Waals surface area contributed by atoms with E-state index in [0.29, 0.717) is 5.82 Å². The summed E-state index contributed by atoms with van der Waals surface area (Å²) in [5.41, 5.74) is 0.0710. The van der Waals surface area contributed by atoms with Gasteiger partial charge in [-0.15, -0.1) is 5.10 Å². The maximum absolute atomic E-state index is 12.5. The Morgan fingerprint density at radius 1 is 1.12 bits per heavy atom. The minimum Gasteiger partial charge on any atom is -0.363 e. The zero-order chi connectivity index (χ0) is 17.5. The van der Waals surface area contributed by atoms with E-state index in [9.17, 15) is 8.42 Å². The molecular formula is C13H12Cl2N6O2S. The Labute approximate surface area is 148 Å². The van der Waals surface area contributed by atoms with Gasteiger partial charge in [0.2, 0.25) is 0 Å². The van der Waals surface area contributed by atoms with Crippen LogP contribution in [0.1, 0.15) is 0 Å². The van der Waals surface area contributed by atoms with E-state index in [1.54, 1.807) is 23.2 Å². The fourth-order valence-corrected chi connectivity index (χ4v) is 3.47. The molecule has 3 rings (SSSR count). The van der Waals surface area contributed by atoms with E-state index >= 15 is 0 Å². The van der Waals surface area contributed by atoms with Crippen molar-refractivity contribution in [2.24, 2.45) is 0 Å². The van der Waals surface area contributed by atoms with Gasteiger partial charge in [0.25, 0.3) is 21.0 Å². The lowest BCUT2D eigenvalue weighted by Crippen LogP contribution is -2.15. The second-order valence-corrected chi connectivity index (χ2v) is 7.41. The number of fused-ring (bicyclic) bond motifs is 1. The molecule has 1 aromatic carbocycles. The molecule has 0 amide bonds. The molecule has 0 bridgehead atoms. The van der Waals surface area contributed by atoms with Crippen LogP contribution in [0.3, 0.4) is 0 Å². The van der Waals surface area contributed by atoms with Gasteiger partial charge >= 0.3 is 0 Å². The second-order valence-electron chi connectivity index (χ2n) is 5.02. The van der Waals surface area contributed by atoms with Gasteiger partial charge in [-0.05, 0) is 18.2 Å². The molecule has 0 aliphatic heterocycles. The van der Waals surface area contributed by atoms with Crippen LogP contribution >= 0.6 is 23.2 Å². The van der Waals surface area contributed by atoms with Gasteiger partial charge in [-0.3, -0.25) is 4.72 Å². The van der Waals surface area contributed by atoms with Crippen LogP contribution in [0.15, 0.2) is 35.6 Å². The maximum Gasteiger partial charge on any atom is 0.299 e. The van der Waals surface area contributed by atoms with E-state index in [-0.39, 0.29) is 21.5 Å².